The molecule has 0 fully saturated rings. The Hall–Kier alpha value is -2.88. The van der Waals surface area contributed by atoms with Crippen molar-refractivity contribution < 1.29 is 9.53 Å². The van der Waals surface area contributed by atoms with Crippen LogP contribution in [0.4, 0.5) is 0 Å². The third kappa shape index (κ3) is 2.91. The fourth-order valence-electron chi connectivity index (χ4n) is 2.41. The van der Waals surface area contributed by atoms with Gasteiger partial charge in [0.05, 0.1) is 30.9 Å². The van der Waals surface area contributed by atoms with E-state index in [4.69, 9.17) is 4.74 Å². The van der Waals surface area contributed by atoms with Gasteiger partial charge in [0.2, 0.25) is 0 Å². The number of carbonyl (C=O) groups is 1. The standard InChI is InChI=1S/C18H16N2O2/c1-22-18(21)16-9-5-6-14(10-16)12-20-13-19-11-17(20)15-7-3-2-4-8-15/h2-11,13H,12H2,1H3. The van der Waals surface area contributed by atoms with Gasteiger partial charge in [0.15, 0.2) is 0 Å². The second-order valence-corrected chi connectivity index (χ2v) is 4.96. The van der Waals surface area contributed by atoms with E-state index in [1.807, 2.05) is 42.6 Å². The summed E-state index contributed by atoms with van der Waals surface area (Å²) in [4.78, 5) is 15.9. The number of aromatic nitrogens is 2. The van der Waals surface area contributed by atoms with Gasteiger partial charge in [0, 0.05) is 6.54 Å². The van der Waals surface area contributed by atoms with Crippen molar-refractivity contribution in [2.24, 2.45) is 0 Å². The molecule has 0 bridgehead atoms. The molecular weight excluding hydrogens is 276 g/mol. The van der Waals surface area contributed by atoms with E-state index in [0.717, 1.165) is 16.8 Å². The Bertz CT molecular complexity index is 779. The number of esters is 1. The van der Waals surface area contributed by atoms with Crippen LogP contribution in [0.3, 0.4) is 0 Å². The smallest absolute Gasteiger partial charge is 0.337 e. The lowest BCUT2D eigenvalue weighted by atomic mass is 10.1. The van der Waals surface area contributed by atoms with Gasteiger partial charge in [-0.1, -0.05) is 42.5 Å². The van der Waals surface area contributed by atoms with Gasteiger partial charge >= 0.3 is 5.97 Å². The summed E-state index contributed by atoms with van der Waals surface area (Å²) in [6.45, 7) is 0.648. The molecule has 0 atom stereocenters. The zero-order valence-electron chi connectivity index (χ0n) is 12.3. The Morgan fingerprint density at radius 2 is 1.95 bits per heavy atom. The molecule has 2 aromatic carbocycles. The first-order chi connectivity index (χ1) is 10.8. The molecule has 0 radical (unpaired) electrons. The molecule has 0 saturated carbocycles. The van der Waals surface area contributed by atoms with Gasteiger partial charge in [0.25, 0.3) is 0 Å². The van der Waals surface area contributed by atoms with Gasteiger partial charge in [-0.05, 0) is 23.3 Å². The summed E-state index contributed by atoms with van der Waals surface area (Å²) >= 11 is 0. The fraction of sp³-hybridized carbons (Fsp3) is 0.111. The second kappa shape index (κ2) is 6.26. The van der Waals surface area contributed by atoms with Crippen LogP contribution in [0, 0.1) is 0 Å². The lowest BCUT2D eigenvalue weighted by Gasteiger charge is -2.09. The van der Waals surface area contributed by atoms with Crippen LogP contribution in [-0.2, 0) is 11.3 Å². The average molecular weight is 292 g/mol. The first kappa shape index (κ1) is 14.1. The van der Waals surface area contributed by atoms with E-state index in [-0.39, 0.29) is 5.97 Å². The summed E-state index contributed by atoms with van der Waals surface area (Å²) in [6, 6.07) is 17.6. The van der Waals surface area contributed by atoms with Gasteiger partial charge in [-0.2, -0.15) is 0 Å². The van der Waals surface area contributed by atoms with Crippen molar-refractivity contribution in [3.8, 4) is 11.3 Å². The van der Waals surface area contributed by atoms with Crippen molar-refractivity contribution >= 4 is 5.97 Å². The van der Waals surface area contributed by atoms with Crippen LogP contribution in [0.15, 0.2) is 67.1 Å². The lowest BCUT2D eigenvalue weighted by Crippen LogP contribution is -2.04. The molecule has 110 valence electrons. The predicted molar refractivity (Wildman–Crippen MR) is 84.5 cm³/mol. The summed E-state index contributed by atoms with van der Waals surface area (Å²) in [7, 11) is 1.39. The summed E-state index contributed by atoms with van der Waals surface area (Å²) in [5.74, 6) is -0.323. The van der Waals surface area contributed by atoms with Gasteiger partial charge < -0.3 is 9.30 Å². The van der Waals surface area contributed by atoms with E-state index >= 15 is 0 Å². The molecular formula is C18H16N2O2. The zero-order valence-corrected chi connectivity index (χ0v) is 12.3. The van der Waals surface area contributed by atoms with Crippen molar-refractivity contribution in [2.45, 2.75) is 6.54 Å². The van der Waals surface area contributed by atoms with Crippen LogP contribution >= 0.6 is 0 Å². The number of benzene rings is 2. The molecule has 0 aliphatic rings. The Labute approximate surface area is 129 Å². The summed E-state index contributed by atoms with van der Waals surface area (Å²) in [6.07, 6.45) is 3.65. The number of rotatable bonds is 4. The highest BCUT2D eigenvalue weighted by atomic mass is 16.5. The van der Waals surface area contributed by atoms with Crippen LogP contribution < -0.4 is 0 Å². The Balaban J connectivity index is 1.89. The van der Waals surface area contributed by atoms with Gasteiger partial charge in [0.1, 0.15) is 0 Å². The van der Waals surface area contributed by atoms with Crippen LogP contribution in [0.5, 0.6) is 0 Å². The first-order valence-corrected chi connectivity index (χ1v) is 7.01. The molecule has 0 aliphatic heterocycles. The van der Waals surface area contributed by atoms with Crippen LogP contribution in [-0.4, -0.2) is 22.6 Å². The van der Waals surface area contributed by atoms with E-state index in [1.165, 1.54) is 7.11 Å². The van der Waals surface area contributed by atoms with Crippen LogP contribution in [0.2, 0.25) is 0 Å². The highest BCUT2D eigenvalue weighted by Gasteiger charge is 2.08. The number of methoxy groups -OCH3 is 1. The Morgan fingerprint density at radius 3 is 2.73 bits per heavy atom. The molecule has 0 unspecified atom stereocenters. The van der Waals surface area contributed by atoms with Crippen molar-refractivity contribution in [1.82, 2.24) is 9.55 Å². The molecule has 22 heavy (non-hydrogen) atoms. The molecule has 0 amide bonds. The highest BCUT2D eigenvalue weighted by molar-refractivity contribution is 5.89. The largest absolute Gasteiger partial charge is 0.465 e. The summed E-state index contributed by atoms with van der Waals surface area (Å²) in [5, 5.41) is 0. The van der Waals surface area contributed by atoms with E-state index in [1.54, 1.807) is 12.4 Å². The van der Waals surface area contributed by atoms with E-state index < -0.39 is 0 Å². The molecule has 1 aromatic heterocycles. The third-order valence-electron chi connectivity index (χ3n) is 3.48. The minimum atomic E-state index is -0.323. The van der Waals surface area contributed by atoms with E-state index in [9.17, 15) is 4.79 Å². The molecule has 4 heteroatoms. The number of hydrogen-bond acceptors (Lipinski definition) is 3. The lowest BCUT2D eigenvalue weighted by molar-refractivity contribution is 0.0600. The first-order valence-electron chi connectivity index (χ1n) is 7.01. The molecule has 1 heterocycles. The maximum Gasteiger partial charge on any atom is 0.337 e. The van der Waals surface area contributed by atoms with Crippen LogP contribution in [0.25, 0.3) is 11.3 Å². The maximum absolute atomic E-state index is 11.6. The molecule has 0 N–H and O–H groups in total. The maximum atomic E-state index is 11.6. The summed E-state index contributed by atoms with van der Waals surface area (Å²) in [5.41, 5.74) is 3.74. The number of nitrogens with zero attached hydrogens (tertiary/aromatic N) is 2. The SMILES string of the molecule is COC(=O)c1cccc(Cn2cncc2-c2ccccc2)c1. The second-order valence-electron chi connectivity index (χ2n) is 4.96. The Kier molecular flexibility index (Phi) is 4.01. The average Bonchev–Trinajstić information content (AvgIpc) is 3.03. The van der Waals surface area contributed by atoms with Crippen molar-refractivity contribution in [3.05, 3.63) is 78.2 Å². The molecule has 4 nitrogen and oxygen atoms in total. The molecule has 3 aromatic rings. The minimum absolute atomic E-state index is 0.323. The van der Waals surface area contributed by atoms with Gasteiger partial charge in [-0.15, -0.1) is 0 Å². The van der Waals surface area contributed by atoms with Gasteiger partial charge in [-0.3, -0.25) is 0 Å². The molecule has 0 saturated heterocycles. The molecule has 3 rings (SSSR count). The molecule has 0 aliphatic carbocycles. The fourth-order valence-corrected chi connectivity index (χ4v) is 2.41. The normalized spacial score (nSPS) is 10.4. The zero-order chi connectivity index (χ0) is 15.4. The summed E-state index contributed by atoms with van der Waals surface area (Å²) < 4.78 is 6.82. The predicted octanol–water partition coefficient (Wildman–Crippen LogP) is 3.39. The number of imidazole rings is 1. The minimum Gasteiger partial charge on any atom is -0.465 e. The Morgan fingerprint density at radius 1 is 1.14 bits per heavy atom. The molecule has 0 spiro atoms. The van der Waals surface area contributed by atoms with Crippen LogP contribution in [0.1, 0.15) is 15.9 Å². The van der Waals surface area contributed by atoms with Crippen molar-refractivity contribution in [2.75, 3.05) is 7.11 Å². The topological polar surface area (TPSA) is 44.1 Å². The number of ether oxygens (including phenoxy) is 1. The third-order valence-corrected chi connectivity index (χ3v) is 3.48. The number of carbonyl (C=O) groups excluding carboxylic acids is 1. The highest BCUT2D eigenvalue weighted by Crippen LogP contribution is 2.20. The number of hydrogen-bond donors (Lipinski definition) is 0. The van der Waals surface area contributed by atoms with Crippen molar-refractivity contribution in [1.29, 1.82) is 0 Å². The van der Waals surface area contributed by atoms with Gasteiger partial charge in [-0.25, -0.2) is 9.78 Å². The van der Waals surface area contributed by atoms with E-state index in [2.05, 4.69) is 21.7 Å². The monoisotopic (exact) mass is 292 g/mol. The quantitative estimate of drug-likeness (QED) is 0.692. The van der Waals surface area contributed by atoms with Crippen molar-refractivity contribution in [3.63, 3.8) is 0 Å². The van der Waals surface area contributed by atoms with E-state index in [0.29, 0.717) is 12.1 Å².